The summed E-state index contributed by atoms with van der Waals surface area (Å²) in [4.78, 5) is 6.88. The van der Waals surface area contributed by atoms with Gasteiger partial charge in [0.1, 0.15) is 0 Å². The number of aryl methyl sites for hydroxylation is 1. The number of guanidine groups is 1. The lowest BCUT2D eigenvalue weighted by Crippen LogP contribution is -2.37. The third-order valence-electron chi connectivity index (χ3n) is 3.30. The van der Waals surface area contributed by atoms with Crippen LogP contribution in [0, 0.1) is 6.92 Å². The molecule has 2 N–H and O–H groups in total. The summed E-state index contributed by atoms with van der Waals surface area (Å²) in [7, 11) is 1.79. The summed E-state index contributed by atoms with van der Waals surface area (Å²) < 4.78 is 11.0. The number of aliphatic imine (C=N–C) groups is 1. The topological polar surface area (TPSA) is 54.9 Å². The van der Waals surface area contributed by atoms with Crippen molar-refractivity contribution < 1.29 is 9.47 Å². The fourth-order valence-electron chi connectivity index (χ4n) is 2.14. The molecule has 1 aliphatic rings. The van der Waals surface area contributed by atoms with Gasteiger partial charge < -0.3 is 20.1 Å². The molecule has 0 aromatic carbocycles. The fourth-order valence-corrected chi connectivity index (χ4v) is 2.97. The first-order valence-corrected chi connectivity index (χ1v) is 8.29. The molecule has 1 fully saturated rings. The van der Waals surface area contributed by atoms with Crippen molar-refractivity contribution in [3.63, 3.8) is 0 Å². The van der Waals surface area contributed by atoms with Crippen LogP contribution >= 0.6 is 35.3 Å². The largest absolute Gasteiger partial charge is 0.379 e. The Kier molecular flexibility index (Phi) is 10.0. The number of nitrogens with zero attached hydrogens (tertiary/aromatic N) is 1. The van der Waals surface area contributed by atoms with E-state index < -0.39 is 0 Å². The first-order valence-electron chi connectivity index (χ1n) is 7.47. The van der Waals surface area contributed by atoms with Crippen LogP contribution in [0.4, 0.5) is 0 Å². The van der Waals surface area contributed by atoms with Gasteiger partial charge in [-0.2, -0.15) is 0 Å². The molecular weight excluding hydrogens is 413 g/mol. The highest BCUT2D eigenvalue weighted by Crippen LogP contribution is 2.14. The van der Waals surface area contributed by atoms with Crippen molar-refractivity contribution in [2.45, 2.75) is 32.4 Å². The Labute approximate surface area is 153 Å². The summed E-state index contributed by atoms with van der Waals surface area (Å²) in [5.74, 6) is 0.838. The Balaban J connectivity index is 0.00000242. The highest BCUT2D eigenvalue weighted by Gasteiger charge is 2.15. The molecule has 2 heterocycles. The van der Waals surface area contributed by atoms with Crippen LogP contribution in [0.15, 0.2) is 17.1 Å². The molecule has 1 aromatic heterocycles. The molecule has 0 saturated carbocycles. The average molecular weight is 439 g/mol. The molecule has 7 heteroatoms. The SMILES string of the molecule is CN=C(NCCCOC1CCOC1)NCc1ccc(C)s1.I. The molecule has 0 bridgehead atoms. The normalized spacial score (nSPS) is 18.1. The van der Waals surface area contributed by atoms with E-state index in [9.17, 15) is 0 Å². The lowest BCUT2D eigenvalue weighted by molar-refractivity contribution is 0.0420. The lowest BCUT2D eigenvalue weighted by Gasteiger charge is -2.12. The van der Waals surface area contributed by atoms with Crippen LogP contribution in [0.2, 0.25) is 0 Å². The molecule has 0 radical (unpaired) electrons. The second-order valence-corrected chi connectivity index (χ2v) is 6.45. The van der Waals surface area contributed by atoms with Gasteiger partial charge in [-0.15, -0.1) is 35.3 Å². The fraction of sp³-hybridized carbons (Fsp3) is 0.667. The average Bonchev–Trinajstić information content (AvgIpc) is 3.13. The lowest BCUT2D eigenvalue weighted by atomic mass is 10.3. The third-order valence-corrected chi connectivity index (χ3v) is 4.31. The van der Waals surface area contributed by atoms with Gasteiger partial charge in [-0.25, -0.2) is 0 Å². The third kappa shape index (κ3) is 7.26. The first-order chi connectivity index (χ1) is 10.3. The minimum atomic E-state index is 0. The molecule has 1 saturated heterocycles. The molecule has 0 amide bonds. The molecule has 1 aromatic rings. The van der Waals surface area contributed by atoms with Crippen molar-refractivity contribution >= 4 is 41.3 Å². The van der Waals surface area contributed by atoms with E-state index in [1.54, 1.807) is 7.05 Å². The van der Waals surface area contributed by atoms with Gasteiger partial charge in [0.05, 0.1) is 19.3 Å². The van der Waals surface area contributed by atoms with E-state index >= 15 is 0 Å². The second-order valence-electron chi connectivity index (χ2n) is 5.07. The molecular formula is C15H26IN3O2S. The van der Waals surface area contributed by atoms with Crippen LogP contribution in [0.1, 0.15) is 22.6 Å². The van der Waals surface area contributed by atoms with E-state index in [0.29, 0.717) is 6.10 Å². The molecule has 0 aliphatic carbocycles. The van der Waals surface area contributed by atoms with Crippen molar-refractivity contribution in [1.82, 2.24) is 10.6 Å². The minimum Gasteiger partial charge on any atom is -0.379 e. The predicted molar refractivity (Wildman–Crippen MR) is 102 cm³/mol. The monoisotopic (exact) mass is 439 g/mol. The summed E-state index contributed by atoms with van der Waals surface area (Å²) in [6, 6.07) is 4.29. The molecule has 1 atom stereocenters. The summed E-state index contributed by atoms with van der Waals surface area (Å²) >= 11 is 1.81. The Hall–Kier alpha value is -0.380. The Morgan fingerprint density at radius 1 is 1.45 bits per heavy atom. The van der Waals surface area contributed by atoms with Crippen LogP contribution in [-0.4, -0.2) is 45.5 Å². The van der Waals surface area contributed by atoms with E-state index in [-0.39, 0.29) is 24.0 Å². The van der Waals surface area contributed by atoms with Gasteiger partial charge in [-0.05, 0) is 31.9 Å². The molecule has 22 heavy (non-hydrogen) atoms. The zero-order valence-corrected chi connectivity index (χ0v) is 16.4. The van der Waals surface area contributed by atoms with Gasteiger partial charge >= 0.3 is 0 Å². The van der Waals surface area contributed by atoms with Gasteiger partial charge in [-0.1, -0.05) is 0 Å². The van der Waals surface area contributed by atoms with E-state index in [2.05, 4.69) is 34.7 Å². The molecule has 2 rings (SSSR count). The predicted octanol–water partition coefficient (Wildman–Crippen LogP) is 2.54. The van der Waals surface area contributed by atoms with Gasteiger partial charge in [-0.3, -0.25) is 4.99 Å². The maximum absolute atomic E-state index is 5.73. The second kappa shape index (κ2) is 11.2. The molecule has 126 valence electrons. The van der Waals surface area contributed by atoms with Gasteiger partial charge in [0.25, 0.3) is 0 Å². The maximum Gasteiger partial charge on any atom is 0.191 e. The van der Waals surface area contributed by atoms with Crippen molar-refractivity contribution in [1.29, 1.82) is 0 Å². The number of thiophene rings is 1. The standard InChI is InChI=1S/C15H25N3O2S.HI/c1-12-4-5-14(21-12)10-18-15(16-2)17-7-3-8-20-13-6-9-19-11-13;/h4-5,13H,3,6-11H2,1-2H3,(H2,16,17,18);1H. The van der Waals surface area contributed by atoms with Crippen LogP contribution in [0.5, 0.6) is 0 Å². The summed E-state index contributed by atoms with van der Waals surface area (Å²) in [5, 5.41) is 6.62. The zero-order valence-electron chi connectivity index (χ0n) is 13.3. The van der Waals surface area contributed by atoms with Crippen molar-refractivity contribution in [2.75, 3.05) is 33.4 Å². The quantitative estimate of drug-likeness (QED) is 0.297. The number of hydrogen-bond acceptors (Lipinski definition) is 4. The van der Waals surface area contributed by atoms with E-state index in [1.165, 1.54) is 9.75 Å². The molecule has 5 nitrogen and oxygen atoms in total. The highest BCUT2D eigenvalue weighted by atomic mass is 127. The molecule has 1 unspecified atom stereocenters. The number of ether oxygens (including phenoxy) is 2. The van der Waals surface area contributed by atoms with Crippen LogP contribution < -0.4 is 10.6 Å². The number of halogens is 1. The maximum atomic E-state index is 5.73. The van der Waals surface area contributed by atoms with E-state index in [4.69, 9.17) is 9.47 Å². The summed E-state index contributed by atoms with van der Waals surface area (Å²) in [5.41, 5.74) is 0. The Morgan fingerprint density at radius 3 is 2.95 bits per heavy atom. The van der Waals surface area contributed by atoms with Crippen LogP contribution in [0.25, 0.3) is 0 Å². The zero-order chi connectivity index (χ0) is 14.9. The Morgan fingerprint density at radius 2 is 2.32 bits per heavy atom. The van der Waals surface area contributed by atoms with Crippen LogP contribution in [-0.2, 0) is 16.0 Å². The highest BCUT2D eigenvalue weighted by molar-refractivity contribution is 14.0. The molecule has 0 spiro atoms. The molecule has 1 aliphatic heterocycles. The first kappa shape index (κ1) is 19.7. The van der Waals surface area contributed by atoms with Crippen molar-refractivity contribution in [3.05, 3.63) is 21.9 Å². The van der Waals surface area contributed by atoms with E-state index in [1.807, 2.05) is 11.3 Å². The summed E-state index contributed by atoms with van der Waals surface area (Å²) in [6.07, 6.45) is 2.29. The number of rotatable bonds is 7. The minimum absolute atomic E-state index is 0. The van der Waals surface area contributed by atoms with Gasteiger partial charge in [0.2, 0.25) is 0 Å². The number of nitrogens with one attached hydrogen (secondary N) is 2. The van der Waals surface area contributed by atoms with Crippen LogP contribution in [0.3, 0.4) is 0 Å². The smallest absolute Gasteiger partial charge is 0.191 e. The van der Waals surface area contributed by atoms with Gasteiger partial charge in [0, 0.05) is 36.6 Å². The van der Waals surface area contributed by atoms with Crippen molar-refractivity contribution in [2.24, 2.45) is 4.99 Å². The van der Waals surface area contributed by atoms with E-state index in [0.717, 1.165) is 51.7 Å². The van der Waals surface area contributed by atoms with Crippen molar-refractivity contribution in [3.8, 4) is 0 Å². The summed E-state index contributed by atoms with van der Waals surface area (Å²) in [6.45, 7) is 6.14. The van der Waals surface area contributed by atoms with Gasteiger partial charge in [0.15, 0.2) is 5.96 Å². The number of hydrogen-bond donors (Lipinski definition) is 2. The Bertz CT molecular complexity index is 448.